The minimum absolute atomic E-state index is 0.129. The molecule has 0 amide bonds. The first-order chi connectivity index (χ1) is 11.4. The number of halogens is 2. The zero-order valence-corrected chi connectivity index (χ0v) is 15.3. The first-order valence-corrected chi connectivity index (χ1v) is 8.57. The number of piperazine rings is 1. The molecule has 5 nitrogen and oxygen atoms in total. The zero-order chi connectivity index (χ0) is 17.4. The van der Waals surface area contributed by atoms with Gasteiger partial charge >= 0.3 is 0 Å². The molecule has 0 aromatic heterocycles. The summed E-state index contributed by atoms with van der Waals surface area (Å²) >= 11 is 6.04. The van der Waals surface area contributed by atoms with Crippen molar-refractivity contribution in [2.75, 3.05) is 33.2 Å². The molecule has 1 atom stereocenters. The van der Waals surface area contributed by atoms with E-state index in [4.69, 9.17) is 11.6 Å². The van der Waals surface area contributed by atoms with Gasteiger partial charge in [-0.15, -0.1) is 0 Å². The average molecular weight is 352 g/mol. The molecule has 1 aromatic carbocycles. The van der Waals surface area contributed by atoms with Crippen molar-refractivity contribution in [2.24, 2.45) is 10.1 Å². The van der Waals surface area contributed by atoms with Gasteiger partial charge < -0.3 is 9.80 Å². The maximum absolute atomic E-state index is 14.4. The molecule has 0 saturated carbocycles. The van der Waals surface area contributed by atoms with Crippen molar-refractivity contribution in [1.82, 2.24) is 14.8 Å². The second-order valence-corrected chi connectivity index (χ2v) is 7.03. The van der Waals surface area contributed by atoms with Gasteiger partial charge in [0.1, 0.15) is 5.69 Å². The van der Waals surface area contributed by atoms with Crippen LogP contribution in [0.3, 0.4) is 0 Å². The molecule has 2 aliphatic heterocycles. The molecule has 2 heterocycles. The van der Waals surface area contributed by atoms with E-state index in [0.717, 1.165) is 37.5 Å². The van der Waals surface area contributed by atoms with Gasteiger partial charge in [-0.05, 0) is 40.0 Å². The van der Waals surface area contributed by atoms with Crippen LogP contribution in [0.2, 0.25) is 5.02 Å². The third kappa shape index (κ3) is 3.26. The Morgan fingerprint density at radius 2 is 1.92 bits per heavy atom. The minimum Gasteiger partial charge on any atom is -0.338 e. The second-order valence-electron chi connectivity index (χ2n) is 6.60. The molecule has 1 unspecified atom stereocenters. The van der Waals surface area contributed by atoms with Crippen LogP contribution >= 0.6 is 11.6 Å². The fourth-order valence-corrected chi connectivity index (χ4v) is 3.26. The Morgan fingerprint density at radius 1 is 1.25 bits per heavy atom. The van der Waals surface area contributed by atoms with Gasteiger partial charge in [0.15, 0.2) is 5.82 Å². The fraction of sp³-hybridized carbons (Fsp3) is 0.529. The van der Waals surface area contributed by atoms with Gasteiger partial charge in [0.05, 0.1) is 6.04 Å². The van der Waals surface area contributed by atoms with E-state index in [2.05, 4.69) is 26.9 Å². The monoisotopic (exact) mass is 351 g/mol. The summed E-state index contributed by atoms with van der Waals surface area (Å²) < 4.78 is 14.4. The van der Waals surface area contributed by atoms with Crippen molar-refractivity contribution >= 4 is 29.0 Å². The highest BCUT2D eigenvalue weighted by atomic mass is 35.5. The Hall–Kier alpha value is -1.66. The minimum atomic E-state index is -0.382. The maximum atomic E-state index is 14.4. The summed E-state index contributed by atoms with van der Waals surface area (Å²) in [6.07, 6.45) is 0. The molecule has 2 aliphatic rings. The molecule has 0 spiro atoms. The number of likely N-dealkylation sites (N-methyl/N-ethyl adjacent to an activating group) is 1. The van der Waals surface area contributed by atoms with E-state index >= 15 is 0 Å². The van der Waals surface area contributed by atoms with Crippen molar-refractivity contribution in [3.05, 3.63) is 28.5 Å². The van der Waals surface area contributed by atoms with Crippen LogP contribution in [0, 0.1) is 5.82 Å². The molecule has 0 bridgehead atoms. The van der Waals surface area contributed by atoms with Gasteiger partial charge in [-0.3, -0.25) is 0 Å². The molecular weight excluding hydrogens is 329 g/mol. The van der Waals surface area contributed by atoms with Gasteiger partial charge in [0.2, 0.25) is 5.96 Å². The molecule has 24 heavy (non-hydrogen) atoms. The summed E-state index contributed by atoms with van der Waals surface area (Å²) in [5.74, 6) is 0.332. The van der Waals surface area contributed by atoms with Crippen molar-refractivity contribution in [1.29, 1.82) is 0 Å². The Kier molecular flexibility index (Phi) is 4.78. The Bertz CT molecular complexity index is 690. The third-order valence-corrected chi connectivity index (χ3v) is 4.60. The average Bonchev–Trinajstić information content (AvgIpc) is 2.51. The third-order valence-electron chi connectivity index (χ3n) is 4.39. The van der Waals surface area contributed by atoms with Gasteiger partial charge in [0.25, 0.3) is 0 Å². The zero-order valence-electron chi connectivity index (χ0n) is 14.6. The Balaban J connectivity index is 2.07. The molecule has 1 saturated heterocycles. The molecular formula is C17H23ClFN5. The summed E-state index contributed by atoms with van der Waals surface area (Å²) in [7, 11) is 2.10. The van der Waals surface area contributed by atoms with Crippen molar-refractivity contribution in [2.45, 2.75) is 26.8 Å². The lowest BCUT2D eigenvalue weighted by Crippen LogP contribution is -2.52. The van der Waals surface area contributed by atoms with E-state index in [1.165, 1.54) is 6.07 Å². The number of rotatable bonds is 1. The topological polar surface area (TPSA) is 34.4 Å². The van der Waals surface area contributed by atoms with Crippen LogP contribution in [-0.2, 0) is 0 Å². The van der Waals surface area contributed by atoms with Gasteiger partial charge in [0, 0.05) is 42.5 Å². The number of hydrazone groups is 1. The summed E-state index contributed by atoms with van der Waals surface area (Å²) in [5.41, 5.74) is 2.07. The fourth-order valence-electron chi connectivity index (χ4n) is 3.05. The summed E-state index contributed by atoms with van der Waals surface area (Å²) in [6.45, 7) is 9.50. The standard InChI is InChI=1S/C17H23ClFN5/c1-11(2)21-24-12(3)14-9-13(18)10-15(19)16(14)20-17(24)23-7-5-22(4)6-8-23/h9-10,12H,5-8H2,1-4H3. The summed E-state index contributed by atoms with van der Waals surface area (Å²) in [6, 6.07) is 2.97. The first kappa shape index (κ1) is 17.2. The summed E-state index contributed by atoms with van der Waals surface area (Å²) in [5, 5.41) is 6.92. The number of fused-ring (bicyclic) bond motifs is 1. The van der Waals surface area contributed by atoms with Crippen LogP contribution < -0.4 is 0 Å². The number of guanidine groups is 1. The van der Waals surface area contributed by atoms with Gasteiger partial charge in [-0.2, -0.15) is 5.10 Å². The van der Waals surface area contributed by atoms with E-state index in [1.54, 1.807) is 6.07 Å². The number of hydrogen-bond donors (Lipinski definition) is 0. The first-order valence-electron chi connectivity index (χ1n) is 8.19. The highest BCUT2D eigenvalue weighted by molar-refractivity contribution is 6.30. The molecule has 7 heteroatoms. The molecule has 1 aromatic rings. The van der Waals surface area contributed by atoms with Crippen LogP contribution in [-0.4, -0.2) is 59.7 Å². The second kappa shape index (κ2) is 6.69. The predicted molar refractivity (Wildman–Crippen MR) is 96.6 cm³/mol. The van der Waals surface area contributed by atoms with Gasteiger partial charge in [-0.25, -0.2) is 14.4 Å². The quantitative estimate of drug-likeness (QED) is 0.726. The van der Waals surface area contributed by atoms with E-state index in [1.807, 2.05) is 25.8 Å². The van der Waals surface area contributed by atoms with Gasteiger partial charge in [-0.1, -0.05) is 11.6 Å². The maximum Gasteiger partial charge on any atom is 0.223 e. The SMILES string of the molecule is CC(C)=NN1C(N2CCN(C)CC2)=Nc2c(F)cc(Cl)cc2C1C. The lowest BCUT2D eigenvalue weighted by molar-refractivity contribution is 0.186. The lowest BCUT2D eigenvalue weighted by atomic mass is 10.0. The van der Waals surface area contributed by atoms with Crippen LogP contribution in [0.5, 0.6) is 0 Å². The molecule has 0 aliphatic carbocycles. The Morgan fingerprint density at radius 3 is 2.54 bits per heavy atom. The molecule has 0 N–H and O–H groups in total. The lowest BCUT2D eigenvalue weighted by Gasteiger charge is -2.41. The van der Waals surface area contributed by atoms with Crippen molar-refractivity contribution in [3.63, 3.8) is 0 Å². The molecule has 0 radical (unpaired) electrons. The largest absolute Gasteiger partial charge is 0.338 e. The number of benzene rings is 1. The highest BCUT2D eigenvalue weighted by Gasteiger charge is 2.33. The number of hydrogen-bond acceptors (Lipinski definition) is 5. The van der Waals surface area contributed by atoms with E-state index < -0.39 is 0 Å². The molecule has 130 valence electrons. The van der Waals surface area contributed by atoms with Crippen LogP contribution in [0.1, 0.15) is 32.4 Å². The number of aliphatic imine (C=N–C) groups is 1. The normalized spacial score (nSPS) is 21.4. The van der Waals surface area contributed by atoms with Crippen molar-refractivity contribution in [3.8, 4) is 0 Å². The highest BCUT2D eigenvalue weighted by Crippen LogP contribution is 2.39. The number of nitrogens with zero attached hydrogens (tertiary/aromatic N) is 5. The molecule has 3 rings (SSSR count). The Labute approximate surface area is 147 Å². The molecule has 1 fully saturated rings. The van der Waals surface area contributed by atoms with Crippen LogP contribution in [0.4, 0.5) is 10.1 Å². The van der Waals surface area contributed by atoms with Crippen LogP contribution in [0.15, 0.2) is 22.2 Å². The predicted octanol–water partition coefficient (Wildman–Crippen LogP) is 3.49. The van der Waals surface area contributed by atoms with E-state index in [0.29, 0.717) is 16.7 Å². The smallest absolute Gasteiger partial charge is 0.223 e. The van der Waals surface area contributed by atoms with Crippen molar-refractivity contribution < 1.29 is 4.39 Å². The van der Waals surface area contributed by atoms with E-state index in [9.17, 15) is 4.39 Å². The summed E-state index contributed by atoms with van der Waals surface area (Å²) in [4.78, 5) is 9.08. The van der Waals surface area contributed by atoms with E-state index in [-0.39, 0.29) is 11.9 Å². The van der Waals surface area contributed by atoms with Crippen LogP contribution in [0.25, 0.3) is 0 Å².